The number of methoxy groups -OCH3 is 1. The Morgan fingerprint density at radius 3 is 2.82 bits per heavy atom. The van der Waals surface area contributed by atoms with Gasteiger partial charge in [0.05, 0.1) is 6.10 Å². The minimum absolute atomic E-state index is 0.265. The Morgan fingerprint density at radius 2 is 2.18 bits per heavy atom. The van der Waals surface area contributed by atoms with Gasteiger partial charge in [0.25, 0.3) is 0 Å². The third kappa shape index (κ3) is 1.97. The molecule has 1 N–H and O–H groups in total. The minimum atomic E-state index is 0.265. The Balaban J connectivity index is 1.58. The highest BCUT2D eigenvalue weighted by atomic mass is 16.5. The van der Waals surface area contributed by atoms with Crippen molar-refractivity contribution >= 4 is 5.91 Å². The maximum absolute atomic E-state index is 12.4. The minimum Gasteiger partial charge on any atom is -0.380 e. The average Bonchev–Trinajstić information content (AvgIpc) is 2.86. The topological polar surface area (TPSA) is 41.6 Å². The van der Waals surface area contributed by atoms with Crippen LogP contribution in [0.15, 0.2) is 0 Å². The van der Waals surface area contributed by atoms with Gasteiger partial charge in [-0.15, -0.1) is 0 Å². The number of carbonyl (C=O) groups is 1. The van der Waals surface area contributed by atoms with Crippen molar-refractivity contribution in [2.24, 2.45) is 11.3 Å². The number of hydrogen-bond acceptors (Lipinski definition) is 3. The first kappa shape index (κ1) is 11.5. The van der Waals surface area contributed by atoms with E-state index in [1.165, 1.54) is 12.8 Å². The summed E-state index contributed by atoms with van der Waals surface area (Å²) in [5.74, 6) is 0.714. The van der Waals surface area contributed by atoms with E-state index in [9.17, 15) is 4.79 Å². The summed E-state index contributed by atoms with van der Waals surface area (Å²) in [5.41, 5.74) is 0.369. The summed E-state index contributed by atoms with van der Waals surface area (Å²) in [6, 6.07) is 0. The molecule has 1 amide bonds. The highest BCUT2D eigenvalue weighted by Gasteiger charge is 2.58. The average molecular weight is 238 g/mol. The molecule has 3 rings (SSSR count). The molecule has 1 saturated carbocycles. The summed E-state index contributed by atoms with van der Waals surface area (Å²) in [6.07, 6.45) is 4.77. The second-order valence-corrected chi connectivity index (χ2v) is 5.80. The molecule has 1 unspecified atom stereocenters. The zero-order chi connectivity index (χ0) is 11.9. The van der Waals surface area contributed by atoms with Crippen LogP contribution in [-0.4, -0.2) is 50.2 Å². The summed E-state index contributed by atoms with van der Waals surface area (Å²) >= 11 is 0. The van der Waals surface area contributed by atoms with Gasteiger partial charge in [0.15, 0.2) is 0 Å². The second-order valence-electron chi connectivity index (χ2n) is 5.80. The van der Waals surface area contributed by atoms with Crippen LogP contribution in [0.2, 0.25) is 0 Å². The molecular formula is C13H22N2O2. The molecule has 0 radical (unpaired) electrons. The second kappa shape index (κ2) is 4.25. The van der Waals surface area contributed by atoms with Crippen LogP contribution in [-0.2, 0) is 9.53 Å². The highest BCUT2D eigenvalue weighted by Crippen LogP contribution is 2.59. The van der Waals surface area contributed by atoms with E-state index in [-0.39, 0.29) is 6.10 Å². The van der Waals surface area contributed by atoms with Gasteiger partial charge in [0.2, 0.25) is 5.91 Å². The molecular weight excluding hydrogens is 216 g/mol. The fourth-order valence-corrected chi connectivity index (χ4v) is 3.52. The molecule has 2 heterocycles. The fourth-order valence-electron chi connectivity index (χ4n) is 3.52. The van der Waals surface area contributed by atoms with E-state index >= 15 is 0 Å². The van der Waals surface area contributed by atoms with Gasteiger partial charge in [-0.3, -0.25) is 4.79 Å². The molecule has 3 fully saturated rings. The Kier molecular flexibility index (Phi) is 2.87. The van der Waals surface area contributed by atoms with Gasteiger partial charge in [-0.25, -0.2) is 0 Å². The Hall–Kier alpha value is -0.610. The molecule has 3 aliphatic rings. The predicted octanol–water partition coefficient (Wildman–Crippen LogP) is 0.623. The van der Waals surface area contributed by atoms with E-state index in [2.05, 4.69) is 5.32 Å². The van der Waals surface area contributed by atoms with Gasteiger partial charge < -0.3 is 15.0 Å². The van der Waals surface area contributed by atoms with Crippen molar-refractivity contribution in [3.8, 4) is 0 Å². The maximum Gasteiger partial charge on any atom is 0.226 e. The lowest BCUT2D eigenvalue weighted by atomic mass is 9.91. The van der Waals surface area contributed by atoms with E-state index in [0.717, 1.165) is 39.0 Å². The number of rotatable bonds is 2. The Labute approximate surface area is 103 Å². The van der Waals surface area contributed by atoms with Crippen molar-refractivity contribution in [2.45, 2.75) is 31.8 Å². The summed E-state index contributed by atoms with van der Waals surface area (Å²) in [5, 5.41) is 3.38. The van der Waals surface area contributed by atoms with E-state index < -0.39 is 0 Å². The normalized spacial score (nSPS) is 35.2. The predicted molar refractivity (Wildman–Crippen MR) is 64.6 cm³/mol. The van der Waals surface area contributed by atoms with Crippen LogP contribution in [0.4, 0.5) is 0 Å². The van der Waals surface area contributed by atoms with Gasteiger partial charge in [-0.1, -0.05) is 0 Å². The van der Waals surface area contributed by atoms with Crippen LogP contribution in [0.5, 0.6) is 0 Å². The van der Waals surface area contributed by atoms with Crippen molar-refractivity contribution in [1.29, 1.82) is 0 Å². The van der Waals surface area contributed by atoms with Crippen LogP contribution in [0.3, 0.4) is 0 Å². The van der Waals surface area contributed by atoms with Crippen LogP contribution >= 0.6 is 0 Å². The van der Waals surface area contributed by atoms with E-state index in [1.54, 1.807) is 7.11 Å². The monoisotopic (exact) mass is 238 g/mol. The number of ether oxygens (including phenoxy) is 1. The molecule has 0 aromatic rings. The van der Waals surface area contributed by atoms with Crippen LogP contribution < -0.4 is 5.32 Å². The van der Waals surface area contributed by atoms with Crippen LogP contribution in [0.25, 0.3) is 0 Å². The van der Waals surface area contributed by atoms with Crippen LogP contribution in [0, 0.1) is 11.3 Å². The number of amides is 1. The van der Waals surface area contributed by atoms with Gasteiger partial charge >= 0.3 is 0 Å². The maximum atomic E-state index is 12.4. The molecule has 17 heavy (non-hydrogen) atoms. The molecule has 96 valence electrons. The molecule has 4 nitrogen and oxygen atoms in total. The Morgan fingerprint density at radius 1 is 1.41 bits per heavy atom. The highest BCUT2D eigenvalue weighted by molar-refractivity contribution is 5.83. The zero-order valence-corrected chi connectivity index (χ0v) is 10.6. The molecule has 2 atom stereocenters. The molecule has 0 aromatic carbocycles. The Bertz CT molecular complexity index is 313. The van der Waals surface area contributed by atoms with Gasteiger partial charge in [-0.05, 0) is 44.2 Å². The first-order valence-corrected chi connectivity index (χ1v) is 6.77. The van der Waals surface area contributed by atoms with Crippen LogP contribution in [0.1, 0.15) is 25.7 Å². The van der Waals surface area contributed by atoms with Crippen molar-refractivity contribution < 1.29 is 9.53 Å². The van der Waals surface area contributed by atoms with Crippen molar-refractivity contribution in [3.63, 3.8) is 0 Å². The summed E-state index contributed by atoms with van der Waals surface area (Å²) in [4.78, 5) is 14.4. The van der Waals surface area contributed by atoms with E-state index in [1.807, 2.05) is 4.90 Å². The number of piperidine rings is 1. The number of carbonyl (C=O) groups excluding carboxylic acids is 1. The first-order valence-electron chi connectivity index (χ1n) is 6.77. The largest absolute Gasteiger partial charge is 0.380 e. The van der Waals surface area contributed by atoms with Crippen molar-refractivity contribution in [1.82, 2.24) is 10.2 Å². The standard InChI is InChI=1S/C13H22N2O2/c1-17-10-2-7-15(9-10)12(16)11-8-13(11)3-5-14-6-4-13/h10-11,14H,2-9H2,1H3/t10-,11?/m1/s1. The summed E-state index contributed by atoms with van der Waals surface area (Å²) in [6.45, 7) is 3.87. The van der Waals surface area contributed by atoms with Gasteiger partial charge in [0.1, 0.15) is 0 Å². The lowest BCUT2D eigenvalue weighted by Gasteiger charge is -2.25. The molecule has 0 bridgehead atoms. The number of nitrogens with one attached hydrogen (secondary N) is 1. The number of nitrogens with zero attached hydrogens (tertiary/aromatic N) is 1. The third-order valence-electron chi connectivity index (χ3n) is 4.88. The van der Waals surface area contributed by atoms with Crippen molar-refractivity contribution in [2.75, 3.05) is 33.3 Å². The number of likely N-dealkylation sites (tertiary alicyclic amines) is 1. The summed E-state index contributed by atoms with van der Waals surface area (Å²) < 4.78 is 5.32. The quantitative estimate of drug-likeness (QED) is 0.767. The molecule has 2 aliphatic heterocycles. The fraction of sp³-hybridized carbons (Fsp3) is 0.923. The zero-order valence-electron chi connectivity index (χ0n) is 10.6. The van der Waals surface area contributed by atoms with E-state index in [4.69, 9.17) is 4.74 Å². The SMILES string of the molecule is CO[C@@H]1CCN(C(=O)C2CC23CCNCC3)C1. The van der Waals surface area contributed by atoms with Gasteiger partial charge in [0, 0.05) is 26.1 Å². The molecule has 1 spiro atoms. The lowest BCUT2D eigenvalue weighted by Crippen LogP contribution is -2.36. The molecule has 4 heteroatoms. The molecule has 0 aromatic heterocycles. The van der Waals surface area contributed by atoms with Gasteiger partial charge in [-0.2, -0.15) is 0 Å². The van der Waals surface area contributed by atoms with E-state index in [0.29, 0.717) is 17.2 Å². The van der Waals surface area contributed by atoms with Crippen molar-refractivity contribution in [3.05, 3.63) is 0 Å². The molecule has 1 aliphatic carbocycles. The summed E-state index contributed by atoms with van der Waals surface area (Å²) in [7, 11) is 1.74. The smallest absolute Gasteiger partial charge is 0.226 e. The number of hydrogen-bond donors (Lipinski definition) is 1. The first-order chi connectivity index (χ1) is 8.25. The third-order valence-corrected chi connectivity index (χ3v) is 4.88. The lowest BCUT2D eigenvalue weighted by molar-refractivity contribution is -0.133. The molecule has 2 saturated heterocycles.